The molecule has 0 radical (unpaired) electrons. The standard InChI is InChI=1S/C49H30N4O/c1-3-13-31(14-4-1)47-50-48(52-49(51-47)36-25-26-43-40(29-36)39-21-9-10-23-42(39)53(43)37-19-5-2-6-20-37)35-18-11-17-34(27-35)38-22-12-24-44-46(38)41-28-32-15-7-8-16-33(32)30-45(41)54-44/h1-30H. The molecule has 0 N–H and O–H groups in total. The molecule has 0 saturated carbocycles. The topological polar surface area (TPSA) is 56.7 Å². The van der Waals surface area contributed by atoms with Gasteiger partial charge in [-0.25, -0.2) is 15.0 Å². The van der Waals surface area contributed by atoms with Gasteiger partial charge in [0, 0.05) is 43.9 Å². The highest BCUT2D eigenvalue weighted by Gasteiger charge is 2.18. The third-order valence-electron chi connectivity index (χ3n) is 10.4. The predicted octanol–water partition coefficient (Wildman–Crippen LogP) is 12.7. The van der Waals surface area contributed by atoms with Crippen molar-refractivity contribution in [2.75, 3.05) is 0 Å². The molecule has 0 aliphatic rings. The van der Waals surface area contributed by atoms with E-state index >= 15 is 0 Å². The van der Waals surface area contributed by atoms with E-state index in [1.54, 1.807) is 0 Å². The summed E-state index contributed by atoms with van der Waals surface area (Å²) in [6.45, 7) is 0. The average molecular weight is 691 g/mol. The quantitative estimate of drug-likeness (QED) is 0.180. The molecule has 11 aromatic rings. The van der Waals surface area contributed by atoms with Gasteiger partial charge in [0.15, 0.2) is 17.5 Å². The number of para-hydroxylation sites is 2. The fourth-order valence-electron chi connectivity index (χ4n) is 7.90. The van der Waals surface area contributed by atoms with E-state index in [0.717, 1.165) is 77.2 Å². The van der Waals surface area contributed by atoms with E-state index in [1.165, 1.54) is 10.8 Å². The second kappa shape index (κ2) is 12.1. The molecule has 3 aromatic heterocycles. The van der Waals surface area contributed by atoms with Gasteiger partial charge in [-0.3, -0.25) is 0 Å². The summed E-state index contributed by atoms with van der Waals surface area (Å²) in [5.74, 6) is 1.86. The number of nitrogens with zero attached hydrogens (tertiary/aromatic N) is 4. The minimum Gasteiger partial charge on any atom is -0.456 e. The van der Waals surface area contributed by atoms with Crippen LogP contribution in [0, 0.1) is 0 Å². The molecule has 0 fully saturated rings. The third kappa shape index (κ3) is 4.90. The molecule has 0 atom stereocenters. The Bertz CT molecular complexity index is 3220. The van der Waals surface area contributed by atoms with Crippen LogP contribution in [0.2, 0.25) is 0 Å². The molecular weight excluding hydrogens is 661 g/mol. The van der Waals surface area contributed by atoms with Crippen molar-refractivity contribution >= 4 is 54.5 Å². The number of furan rings is 1. The number of aromatic nitrogens is 4. The number of rotatable bonds is 5. The molecule has 8 aromatic carbocycles. The number of hydrogen-bond acceptors (Lipinski definition) is 4. The Morgan fingerprint density at radius 1 is 0.370 bits per heavy atom. The Hall–Kier alpha value is -7.37. The zero-order chi connectivity index (χ0) is 35.6. The zero-order valence-electron chi connectivity index (χ0n) is 29.0. The maximum Gasteiger partial charge on any atom is 0.164 e. The van der Waals surface area contributed by atoms with Crippen LogP contribution < -0.4 is 0 Å². The second-order valence-electron chi connectivity index (χ2n) is 13.6. The maximum atomic E-state index is 6.42. The lowest BCUT2D eigenvalue weighted by Crippen LogP contribution is -2.00. The second-order valence-corrected chi connectivity index (χ2v) is 13.6. The Balaban J connectivity index is 1.09. The van der Waals surface area contributed by atoms with Gasteiger partial charge in [-0.05, 0) is 82.6 Å². The molecule has 54 heavy (non-hydrogen) atoms. The Morgan fingerprint density at radius 2 is 0.981 bits per heavy atom. The van der Waals surface area contributed by atoms with Crippen molar-refractivity contribution in [3.05, 3.63) is 182 Å². The lowest BCUT2D eigenvalue weighted by atomic mass is 9.97. The van der Waals surface area contributed by atoms with Crippen LogP contribution in [0.5, 0.6) is 0 Å². The molecule has 5 nitrogen and oxygen atoms in total. The maximum absolute atomic E-state index is 6.42. The molecular formula is C49H30N4O. The van der Waals surface area contributed by atoms with Gasteiger partial charge >= 0.3 is 0 Å². The van der Waals surface area contributed by atoms with Crippen molar-refractivity contribution in [2.45, 2.75) is 0 Å². The van der Waals surface area contributed by atoms with E-state index in [-0.39, 0.29) is 0 Å². The highest BCUT2D eigenvalue weighted by atomic mass is 16.3. The van der Waals surface area contributed by atoms with E-state index < -0.39 is 0 Å². The van der Waals surface area contributed by atoms with Gasteiger partial charge in [0.05, 0.1) is 11.0 Å². The van der Waals surface area contributed by atoms with Crippen molar-refractivity contribution < 1.29 is 4.42 Å². The van der Waals surface area contributed by atoms with E-state index in [2.05, 4.69) is 150 Å². The van der Waals surface area contributed by atoms with Gasteiger partial charge in [0.25, 0.3) is 0 Å². The third-order valence-corrected chi connectivity index (χ3v) is 10.4. The molecule has 0 amide bonds. The number of benzene rings is 8. The minimum atomic E-state index is 0.614. The lowest BCUT2D eigenvalue weighted by molar-refractivity contribution is 0.669. The lowest BCUT2D eigenvalue weighted by Gasteiger charge is -2.11. The van der Waals surface area contributed by atoms with Gasteiger partial charge in [-0.2, -0.15) is 0 Å². The van der Waals surface area contributed by atoms with E-state index in [9.17, 15) is 0 Å². The summed E-state index contributed by atoms with van der Waals surface area (Å²) in [6, 6.07) is 63.3. The molecule has 0 bridgehead atoms. The fraction of sp³-hybridized carbons (Fsp3) is 0. The van der Waals surface area contributed by atoms with E-state index in [0.29, 0.717) is 17.5 Å². The van der Waals surface area contributed by atoms with Crippen LogP contribution in [0.15, 0.2) is 186 Å². The van der Waals surface area contributed by atoms with Crippen molar-refractivity contribution in [3.63, 3.8) is 0 Å². The summed E-state index contributed by atoms with van der Waals surface area (Å²) < 4.78 is 8.74. The van der Waals surface area contributed by atoms with Crippen molar-refractivity contribution in [1.29, 1.82) is 0 Å². The van der Waals surface area contributed by atoms with Gasteiger partial charge in [-0.1, -0.05) is 121 Å². The average Bonchev–Trinajstić information content (AvgIpc) is 3.78. The van der Waals surface area contributed by atoms with Crippen molar-refractivity contribution in [3.8, 4) is 51.0 Å². The Morgan fingerprint density at radius 3 is 1.80 bits per heavy atom. The SMILES string of the molecule is c1ccc(-c2nc(-c3cccc(-c4cccc5oc6cc7ccccc7cc6c45)c3)nc(-c3ccc4c(c3)c3ccccc3n4-c3ccccc3)n2)cc1. The summed E-state index contributed by atoms with van der Waals surface area (Å²) in [4.78, 5) is 15.3. The zero-order valence-corrected chi connectivity index (χ0v) is 29.0. The largest absolute Gasteiger partial charge is 0.456 e. The van der Waals surface area contributed by atoms with E-state index in [4.69, 9.17) is 19.4 Å². The van der Waals surface area contributed by atoms with Gasteiger partial charge in [-0.15, -0.1) is 0 Å². The van der Waals surface area contributed by atoms with Crippen molar-refractivity contribution in [2.24, 2.45) is 0 Å². The first-order valence-corrected chi connectivity index (χ1v) is 18.1. The minimum absolute atomic E-state index is 0.614. The van der Waals surface area contributed by atoms with Crippen molar-refractivity contribution in [1.82, 2.24) is 19.5 Å². The predicted molar refractivity (Wildman–Crippen MR) is 221 cm³/mol. The molecule has 0 unspecified atom stereocenters. The number of fused-ring (bicyclic) bond motifs is 7. The monoisotopic (exact) mass is 690 g/mol. The molecule has 252 valence electrons. The highest BCUT2D eigenvalue weighted by Crippen LogP contribution is 2.40. The molecule has 0 spiro atoms. The first-order valence-electron chi connectivity index (χ1n) is 18.1. The summed E-state index contributed by atoms with van der Waals surface area (Å²) in [5, 5.41) is 6.86. The van der Waals surface area contributed by atoms with Crippen LogP contribution in [0.3, 0.4) is 0 Å². The molecule has 11 rings (SSSR count). The first kappa shape index (κ1) is 30.3. The molecule has 0 aliphatic heterocycles. The molecule has 0 aliphatic carbocycles. The Kier molecular flexibility index (Phi) is 6.79. The fourth-order valence-corrected chi connectivity index (χ4v) is 7.90. The van der Waals surface area contributed by atoms with Crippen LogP contribution in [0.25, 0.3) is 105 Å². The summed E-state index contributed by atoms with van der Waals surface area (Å²) >= 11 is 0. The van der Waals surface area contributed by atoms with Crippen LogP contribution in [0.4, 0.5) is 0 Å². The smallest absolute Gasteiger partial charge is 0.164 e. The van der Waals surface area contributed by atoms with Gasteiger partial charge < -0.3 is 8.98 Å². The number of hydrogen-bond donors (Lipinski definition) is 0. The summed E-state index contributed by atoms with van der Waals surface area (Å²) in [6.07, 6.45) is 0. The van der Waals surface area contributed by atoms with Crippen LogP contribution in [-0.4, -0.2) is 19.5 Å². The highest BCUT2D eigenvalue weighted by molar-refractivity contribution is 6.15. The van der Waals surface area contributed by atoms with Crippen LogP contribution in [-0.2, 0) is 0 Å². The van der Waals surface area contributed by atoms with E-state index in [1.807, 2.05) is 36.4 Å². The molecule has 5 heteroatoms. The Labute approximate surface area is 310 Å². The first-order chi connectivity index (χ1) is 26.7. The van der Waals surface area contributed by atoms with Crippen LogP contribution in [0.1, 0.15) is 0 Å². The van der Waals surface area contributed by atoms with Gasteiger partial charge in [0.2, 0.25) is 0 Å². The molecule has 3 heterocycles. The van der Waals surface area contributed by atoms with Gasteiger partial charge in [0.1, 0.15) is 11.2 Å². The summed E-state index contributed by atoms with van der Waals surface area (Å²) in [5.41, 5.74) is 10.1. The molecule has 0 saturated heterocycles. The normalized spacial score (nSPS) is 11.7. The van der Waals surface area contributed by atoms with Crippen LogP contribution >= 0.6 is 0 Å². The summed E-state index contributed by atoms with van der Waals surface area (Å²) in [7, 11) is 0.